The number of carbonyl (C=O) groups excluding carboxylic acids is 1. The first-order valence-corrected chi connectivity index (χ1v) is 8.26. The van der Waals surface area contributed by atoms with E-state index in [1.54, 1.807) is 36.4 Å². The Morgan fingerprint density at radius 1 is 1.11 bits per heavy atom. The van der Waals surface area contributed by atoms with E-state index in [9.17, 15) is 9.18 Å². The number of aromatic nitrogens is 2. The summed E-state index contributed by atoms with van der Waals surface area (Å²) in [6, 6.07) is 16.6. The molecule has 0 aliphatic carbocycles. The van der Waals surface area contributed by atoms with Gasteiger partial charge in [0, 0.05) is 12.6 Å². The van der Waals surface area contributed by atoms with Gasteiger partial charge < -0.3 is 10.6 Å². The van der Waals surface area contributed by atoms with Crippen LogP contribution in [0.1, 0.15) is 21.6 Å². The summed E-state index contributed by atoms with van der Waals surface area (Å²) < 4.78 is 12.9. The number of para-hydroxylation sites is 1. The van der Waals surface area contributed by atoms with E-state index in [0.29, 0.717) is 30.0 Å². The highest BCUT2D eigenvalue weighted by Gasteiger charge is 2.11. The zero-order chi connectivity index (χ0) is 19.1. The summed E-state index contributed by atoms with van der Waals surface area (Å²) in [7, 11) is 0. The molecule has 0 saturated heterocycles. The van der Waals surface area contributed by atoms with Crippen LogP contribution in [0, 0.1) is 17.1 Å². The van der Waals surface area contributed by atoms with Crippen molar-refractivity contribution < 1.29 is 9.18 Å². The first-order chi connectivity index (χ1) is 13.2. The molecule has 0 aliphatic heterocycles. The van der Waals surface area contributed by atoms with Gasteiger partial charge in [0.2, 0.25) is 0 Å². The molecule has 0 fully saturated rings. The fraction of sp³-hybridized carbons (Fsp3) is 0.100. The normalized spacial score (nSPS) is 10.1. The minimum atomic E-state index is -0.429. The molecule has 0 radical (unpaired) electrons. The largest absolute Gasteiger partial charge is 0.370 e. The van der Waals surface area contributed by atoms with Crippen molar-refractivity contribution in [3.63, 3.8) is 0 Å². The quantitative estimate of drug-likeness (QED) is 0.702. The standard InChI is InChI=1S/C20H16FN5O/c21-16-7-5-14(6-8-16)9-10-23-19-11-18(24-13-25-19)20(27)26-17-4-2-1-3-15(17)12-22/h1-8,11,13H,9-10H2,(H,26,27)(H,23,24,25). The van der Waals surface area contributed by atoms with Crippen LogP contribution in [0.25, 0.3) is 0 Å². The summed E-state index contributed by atoms with van der Waals surface area (Å²) in [5, 5.41) is 14.9. The second-order valence-electron chi connectivity index (χ2n) is 5.70. The van der Waals surface area contributed by atoms with Gasteiger partial charge in [-0.05, 0) is 36.2 Å². The molecule has 0 spiro atoms. The number of nitrogens with zero attached hydrogens (tertiary/aromatic N) is 3. The predicted octanol–water partition coefficient (Wildman–Crippen LogP) is 3.39. The van der Waals surface area contributed by atoms with E-state index in [0.717, 1.165) is 5.56 Å². The van der Waals surface area contributed by atoms with Crippen LogP contribution in [0.4, 0.5) is 15.9 Å². The number of amides is 1. The number of hydrogen-bond acceptors (Lipinski definition) is 5. The second-order valence-corrected chi connectivity index (χ2v) is 5.70. The van der Waals surface area contributed by atoms with Crippen LogP contribution in [0.3, 0.4) is 0 Å². The first-order valence-electron chi connectivity index (χ1n) is 8.26. The molecule has 134 valence electrons. The lowest BCUT2D eigenvalue weighted by Crippen LogP contribution is -2.16. The fourth-order valence-corrected chi connectivity index (χ4v) is 2.44. The molecule has 7 heteroatoms. The fourth-order valence-electron chi connectivity index (χ4n) is 2.44. The van der Waals surface area contributed by atoms with Crippen molar-refractivity contribution in [2.75, 3.05) is 17.2 Å². The molecule has 0 unspecified atom stereocenters. The molecule has 0 aliphatic rings. The Kier molecular flexibility index (Phi) is 5.70. The van der Waals surface area contributed by atoms with Gasteiger partial charge in [-0.15, -0.1) is 0 Å². The lowest BCUT2D eigenvalue weighted by atomic mass is 10.1. The van der Waals surface area contributed by atoms with Gasteiger partial charge >= 0.3 is 0 Å². The van der Waals surface area contributed by atoms with Crippen LogP contribution >= 0.6 is 0 Å². The van der Waals surface area contributed by atoms with Crippen molar-refractivity contribution >= 4 is 17.4 Å². The average Bonchev–Trinajstić information content (AvgIpc) is 2.70. The van der Waals surface area contributed by atoms with Crippen molar-refractivity contribution in [1.82, 2.24) is 9.97 Å². The molecule has 2 N–H and O–H groups in total. The third kappa shape index (κ3) is 4.86. The monoisotopic (exact) mass is 361 g/mol. The van der Waals surface area contributed by atoms with Crippen molar-refractivity contribution in [1.29, 1.82) is 5.26 Å². The minimum absolute atomic E-state index is 0.182. The molecule has 27 heavy (non-hydrogen) atoms. The molecule has 3 aromatic rings. The molecular formula is C20H16FN5O. The highest BCUT2D eigenvalue weighted by molar-refractivity contribution is 6.03. The smallest absolute Gasteiger partial charge is 0.274 e. The van der Waals surface area contributed by atoms with Crippen LogP contribution < -0.4 is 10.6 Å². The minimum Gasteiger partial charge on any atom is -0.370 e. The zero-order valence-electron chi connectivity index (χ0n) is 14.3. The Morgan fingerprint density at radius 3 is 2.67 bits per heavy atom. The molecule has 1 amide bonds. The molecule has 0 bridgehead atoms. The number of anilines is 2. The number of halogens is 1. The average molecular weight is 361 g/mol. The molecular weight excluding hydrogens is 345 g/mol. The van der Waals surface area contributed by atoms with Crippen molar-refractivity contribution in [2.45, 2.75) is 6.42 Å². The highest BCUT2D eigenvalue weighted by Crippen LogP contribution is 2.15. The Bertz CT molecular complexity index is 982. The summed E-state index contributed by atoms with van der Waals surface area (Å²) in [6.07, 6.45) is 1.98. The molecule has 0 atom stereocenters. The molecule has 2 aromatic carbocycles. The maximum atomic E-state index is 12.9. The van der Waals surface area contributed by atoms with Gasteiger partial charge in [-0.3, -0.25) is 4.79 Å². The van der Waals surface area contributed by atoms with E-state index in [2.05, 4.69) is 20.6 Å². The second kappa shape index (κ2) is 8.54. The Balaban J connectivity index is 1.62. The SMILES string of the molecule is N#Cc1ccccc1NC(=O)c1cc(NCCc2ccc(F)cc2)ncn1. The van der Waals surface area contributed by atoms with Gasteiger partial charge in [-0.25, -0.2) is 14.4 Å². The van der Waals surface area contributed by atoms with Crippen molar-refractivity contribution in [3.8, 4) is 6.07 Å². The summed E-state index contributed by atoms with van der Waals surface area (Å²) in [5.41, 5.74) is 1.97. The van der Waals surface area contributed by atoms with E-state index < -0.39 is 5.91 Å². The summed E-state index contributed by atoms with van der Waals surface area (Å²) in [4.78, 5) is 20.5. The third-order valence-corrected chi connectivity index (χ3v) is 3.83. The van der Waals surface area contributed by atoms with E-state index >= 15 is 0 Å². The molecule has 6 nitrogen and oxygen atoms in total. The van der Waals surface area contributed by atoms with Gasteiger partial charge in [0.25, 0.3) is 5.91 Å². The topological polar surface area (TPSA) is 90.7 Å². The molecule has 1 aromatic heterocycles. The molecule has 0 saturated carbocycles. The van der Waals surface area contributed by atoms with Gasteiger partial charge in [-0.2, -0.15) is 5.26 Å². The Hall–Kier alpha value is -3.79. The maximum Gasteiger partial charge on any atom is 0.274 e. The van der Waals surface area contributed by atoms with Crippen LogP contribution in [0.5, 0.6) is 0 Å². The lowest BCUT2D eigenvalue weighted by molar-refractivity contribution is 0.102. The van der Waals surface area contributed by atoms with E-state index in [1.165, 1.54) is 24.5 Å². The van der Waals surface area contributed by atoms with E-state index in [4.69, 9.17) is 5.26 Å². The highest BCUT2D eigenvalue weighted by atomic mass is 19.1. The number of rotatable bonds is 6. The number of hydrogen-bond donors (Lipinski definition) is 2. The number of carbonyl (C=O) groups is 1. The van der Waals surface area contributed by atoms with Crippen LogP contribution in [-0.4, -0.2) is 22.4 Å². The predicted molar refractivity (Wildman–Crippen MR) is 99.7 cm³/mol. The Labute approximate surface area is 155 Å². The first kappa shape index (κ1) is 18.0. The van der Waals surface area contributed by atoms with E-state index in [1.807, 2.05) is 6.07 Å². The number of benzene rings is 2. The van der Waals surface area contributed by atoms with Gasteiger partial charge in [0.05, 0.1) is 11.3 Å². The summed E-state index contributed by atoms with van der Waals surface area (Å²) >= 11 is 0. The number of nitrogens with one attached hydrogen (secondary N) is 2. The van der Waals surface area contributed by atoms with Gasteiger partial charge in [-0.1, -0.05) is 24.3 Å². The van der Waals surface area contributed by atoms with Crippen LogP contribution in [0.2, 0.25) is 0 Å². The summed E-state index contributed by atoms with van der Waals surface area (Å²) in [6.45, 7) is 0.570. The van der Waals surface area contributed by atoms with Gasteiger partial charge in [0.15, 0.2) is 0 Å². The van der Waals surface area contributed by atoms with Gasteiger partial charge in [0.1, 0.15) is 29.7 Å². The maximum absolute atomic E-state index is 12.9. The Morgan fingerprint density at radius 2 is 1.89 bits per heavy atom. The molecule has 1 heterocycles. The van der Waals surface area contributed by atoms with Crippen LogP contribution in [0.15, 0.2) is 60.9 Å². The van der Waals surface area contributed by atoms with Crippen LogP contribution in [-0.2, 0) is 6.42 Å². The third-order valence-electron chi connectivity index (χ3n) is 3.83. The number of nitriles is 1. The zero-order valence-corrected chi connectivity index (χ0v) is 14.3. The van der Waals surface area contributed by atoms with E-state index in [-0.39, 0.29) is 11.5 Å². The van der Waals surface area contributed by atoms with Crippen molar-refractivity contribution in [2.24, 2.45) is 0 Å². The summed E-state index contributed by atoms with van der Waals surface area (Å²) in [5.74, 6) is -0.191. The lowest BCUT2D eigenvalue weighted by Gasteiger charge is -2.08. The van der Waals surface area contributed by atoms with Crippen molar-refractivity contribution in [3.05, 3.63) is 83.6 Å². The molecule has 3 rings (SSSR count).